The molecule has 9 aromatic carbocycles. The van der Waals surface area contributed by atoms with Gasteiger partial charge in [0.25, 0.3) is 0 Å². The van der Waals surface area contributed by atoms with Crippen LogP contribution in [0.15, 0.2) is 206 Å². The van der Waals surface area contributed by atoms with Crippen LogP contribution in [-0.2, 0) is 5.41 Å². The molecule has 10 aromatic rings. The highest BCUT2D eigenvalue weighted by Gasteiger charge is 2.36. The van der Waals surface area contributed by atoms with Crippen LogP contribution in [0.25, 0.3) is 100.0 Å². The van der Waals surface area contributed by atoms with E-state index in [0.29, 0.717) is 5.82 Å². The first-order chi connectivity index (χ1) is 29.0. The van der Waals surface area contributed by atoms with Gasteiger partial charge >= 0.3 is 0 Å². The summed E-state index contributed by atoms with van der Waals surface area (Å²) < 4.78 is 0. The molecular weight excluding hydrogens is 713 g/mol. The summed E-state index contributed by atoms with van der Waals surface area (Å²) >= 11 is 0. The van der Waals surface area contributed by atoms with E-state index in [1.165, 1.54) is 60.7 Å². The van der Waals surface area contributed by atoms with E-state index in [9.17, 15) is 0 Å². The molecule has 278 valence electrons. The van der Waals surface area contributed by atoms with E-state index in [1.807, 2.05) is 6.07 Å². The van der Waals surface area contributed by atoms with Crippen molar-refractivity contribution >= 4 is 21.5 Å². The molecule has 1 aromatic heterocycles. The minimum atomic E-state index is -0.0788. The normalized spacial score (nSPS) is 12.7. The first kappa shape index (κ1) is 34.8. The van der Waals surface area contributed by atoms with Gasteiger partial charge in [-0.15, -0.1) is 0 Å². The monoisotopic (exact) mass is 752 g/mol. The lowest BCUT2D eigenvalue weighted by atomic mass is 9.81. The average molecular weight is 753 g/mol. The fourth-order valence-corrected chi connectivity index (χ4v) is 9.34. The van der Waals surface area contributed by atoms with Crippen LogP contribution < -0.4 is 0 Å². The third kappa shape index (κ3) is 5.87. The number of hydrogen-bond acceptors (Lipinski definition) is 2. The molecule has 0 N–H and O–H groups in total. The summed E-state index contributed by atoms with van der Waals surface area (Å²) in [5, 5.41) is 4.94. The van der Waals surface area contributed by atoms with E-state index < -0.39 is 0 Å². The lowest BCUT2D eigenvalue weighted by Crippen LogP contribution is -2.14. The van der Waals surface area contributed by atoms with Crippen molar-refractivity contribution in [2.75, 3.05) is 0 Å². The van der Waals surface area contributed by atoms with Gasteiger partial charge in [-0.2, -0.15) is 0 Å². The average Bonchev–Trinajstić information content (AvgIpc) is 3.54. The minimum absolute atomic E-state index is 0.0788. The van der Waals surface area contributed by atoms with Gasteiger partial charge in [0, 0.05) is 22.1 Å². The summed E-state index contributed by atoms with van der Waals surface area (Å²) in [7, 11) is 0. The molecule has 1 aliphatic carbocycles. The Bertz CT molecular complexity index is 3220. The molecule has 0 amide bonds. The van der Waals surface area contributed by atoms with Gasteiger partial charge in [-0.3, -0.25) is 0 Å². The maximum absolute atomic E-state index is 5.31. The Kier molecular flexibility index (Phi) is 8.20. The molecule has 1 aliphatic rings. The fraction of sp³-hybridized carbons (Fsp3) is 0.0526. The van der Waals surface area contributed by atoms with E-state index in [-0.39, 0.29) is 5.41 Å². The summed E-state index contributed by atoms with van der Waals surface area (Å²) in [6.45, 7) is 4.71. The summed E-state index contributed by atoms with van der Waals surface area (Å²) in [5.74, 6) is 0.701. The van der Waals surface area contributed by atoms with Crippen molar-refractivity contribution in [3.05, 3.63) is 217 Å². The number of hydrogen-bond donors (Lipinski definition) is 0. The molecule has 0 atom stereocenters. The molecular formula is C57H40N2. The highest BCUT2D eigenvalue weighted by molar-refractivity contribution is 6.07. The van der Waals surface area contributed by atoms with Crippen molar-refractivity contribution in [3.8, 4) is 78.4 Å². The van der Waals surface area contributed by atoms with Crippen molar-refractivity contribution in [2.24, 2.45) is 0 Å². The predicted molar refractivity (Wildman–Crippen MR) is 247 cm³/mol. The Balaban J connectivity index is 1.06. The molecule has 0 fully saturated rings. The molecule has 0 unspecified atom stereocenters. The summed E-state index contributed by atoms with van der Waals surface area (Å²) in [6.07, 6.45) is 0. The van der Waals surface area contributed by atoms with Crippen LogP contribution in [0.1, 0.15) is 25.0 Å². The maximum Gasteiger partial charge on any atom is 0.160 e. The van der Waals surface area contributed by atoms with E-state index >= 15 is 0 Å². The van der Waals surface area contributed by atoms with Crippen LogP contribution in [0.2, 0.25) is 0 Å². The summed E-state index contributed by atoms with van der Waals surface area (Å²) in [4.78, 5) is 10.6. The first-order valence-electron chi connectivity index (χ1n) is 20.4. The molecule has 0 saturated heterocycles. The van der Waals surface area contributed by atoms with Crippen molar-refractivity contribution in [1.82, 2.24) is 9.97 Å². The van der Waals surface area contributed by atoms with Gasteiger partial charge in [0.1, 0.15) is 0 Å². The van der Waals surface area contributed by atoms with E-state index in [0.717, 1.165) is 44.6 Å². The van der Waals surface area contributed by atoms with Crippen LogP contribution in [0.4, 0.5) is 0 Å². The third-order valence-electron chi connectivity index (χ3n) is 12.3. The van der Waals surface area contributed by atoms with Crippen LogP contribution in [0.5, 0.6) is 0 Å². The number of rotatable bonds is 6. The number of fused-ring (bicyclic) bond motifs is 6. The van der Waals surface area contributed by atoms with Crippen LogP contribution in [0, 0.1) is 0 Å². The summed E-state index contributed by atoms with van der Waals surface area (Å²) in [5.41, 5.74) is 17.4. The zero-order valence-corrected chi connectivity index (χ0v) is 33.0. The zero-order valence-electron chi connectivity index (χ0n) is 33.0. The smallest absolute Gasteiger partial charge is 0.160 e. The van der Waals surface area contributed by atoms with E-state index in [1.54, 1.807) is 0 Å². The lowest BCUT2D eigenvalue weighted by molar-refractivity contribution is 0.661. The highest BCUT2D eigenvalue weighted by Crippen LogP contribution is 2.52. The van der Waals surface area contributed by atoms with Crippen LogP contribution in [-0.4, -0.2) is 9.97 Å². The first-order valence-corrected chi connectivity index (χ1v) is 20.4. The molecule has 2 nitrogen and oxygen atoms in total. The predicted octanol–water partition coefficient (Wildman–Crippen LogP) is 15.1. The Hall–Kier alpha value is -7.42. The standard InChI is InChI=1S/C57H40N2/c1-57(2)51-33-30-42(35-50(51)55-45-21-10-9-17-39(45)29-34-52(55)57)44-31-32-49(47-23-13-12-22-46(44)47)54-36-53(58-56(59-54)41-18-7-4-8-19-41)48-24-14-11-20-43(48)40-27-25-38(26-28-40)37-15-5-3-6-16-37/h3-36H,1-2H3. The Labute approximate surface area is 345 Å². The molecule has 0 radical (unpaired) electrons. The molecule has 11 rings (SSSR count). The molecule has 1 heterocycles. The van der Waals surface area contributed by atoms with Crippen molar-refractivity contribution in [2.45, 2.75) is 19.3 Å². The third-order valence-corrected chi connectivity index (χ3v) is 12.3. The van der Waals surface area contributed by atoms with Gasteiger partial charge in [-0.05, 0) is 89.3 Å². The van der Waals surface area contributed by atoms with Gasteiger partial charge < -0.3 is 0 Å². The molecule has 0 saturated carbocycles. The molecule has 0 spiro atoms. The number of benzene rings is 9. The zero-order chi connectivity index (χ0) is 39.5. The van der Waals surface area contributed by atoms with E-state index in [4.69, 9.17) is 9.97 Å². The Morgan fingerprint density at radius 2 is 0.847 bits per heavy atom. The van der Waals surface area contributed by atoms with Crippen LogP contribution >= 0.6 is 0 Å². The molecule has 0 aliphatic heterocycles. The second-order valence-electron chi connectivity index (χ2n) is 16.1. The van der Waals surface area contributed by atoms with Gasteiger partial charge in [-0.25, -0.2) is 9.97 Å². The topological polar surface area (TPSA) is 25.8 Å². The largest absolute Gasteiger partial charge is 0.228 e. The fourth-order valence-electron chi connectivity index (χ4n) is 9.34. The van der Waals surface area contributed by atoms with Crippen LogP contribution in [0.3, 0.4) is 0 Å². The van der Waals surface area contributed by atoms with Gasteiger partial charge in [-0.1, -0.05) is 208 Å². The number of aromatic nitrogens is 2. The summed E-state index contributed by atoms with van der Waals surface area (Å²) in [6, 6.07) is 74.3. The second-order valence-corrected chi connectivity index (χ2v) is 16.1. The Morgan fingerprint density at radius 3 is 1.59 bits per heavy atom. The van der Waals surface area contributed by atoms with Crippen molar-refractivity contribution in [3.63, 3.8) is 0 Å². The SMILES string of the molecule is CC1(C)c2ccc(-c3ccc(-c4cc(-c5ccccc5-c5ccc(-c6ccccc6)cc5)nc(-c5ccccc5)n4)c4ccccc34)cc2-c2c1ccc1ccccc21. The van der Waals surface area contributed by atoms with Gasteiger partial charge in [0.15, 0.2) is 5.82 Å². The van der Waals surface area contributed by atoms with Gasteiger partial charge in [0.05, 0.1) is 11.4 Å². The maximum atomic E-state index is 5.31. The molecule has 59 heavy (non-hydrogen) atoms. The van der Waals surface area contributed by atoms with Crippen molar-refractivity contribution < 1.29 is 0 Å². The minimum Gasteiger partial charge on any atom is -0.228 e. The molecule has 0 bridgehead atoms. The van der Waals surface area contributed by atoms with E-state index in [2.05, 4.69) is 214 Å². The highest BCUT2D eigenvalue weighted by atomic mass is 14.9. The Morgan fingerprint density at radius 1 is 0.322 bits per heavy atom. The molecule has 2 heteroatoms. The number of nitrogens with zero attached hydrogens (tertiary/aromatic N) is 2. The van der Waals surface area contributed by atoms with Crippen molar-refractivity contribution in [1.29, 1.82) is 0 Å². The second kappa shape index (κ2) is 13.9. The van der Waals surface area contributed by atoms with Gasteiger partial charge in [0.2, 0.25) is 0 Å². The quantitative estimate of drug-likeness (QED) is 0.169. The lowest BCUT2D eigenvalue weighted by Gasteiger charge is -2.22.